The van der Waals surface area contributed by atoms with E-state index in [2.05, 4.69) is 48.3 Å². The molecule has 0 bridgehead atoms. The average molecular weight is 321 g/mol. The number of ether oxygens (including phenoxy) is 1. The number of aromatic nitrogens is 2. The summed E-state index contributed by atoms with van der Waals surface area (Å²) in [4.78, 5) is 0. The topological polar surface area (TPSA) is 63.9 Å². The minimum Gasteiger partial charge on any atom is -0.488 e. The highest BCUT2D eigenvalue weighted by molar-refractivity contribution is 5.70. The van der Waals surface area contributed by atoms with Gasteiger partial charge in [0.2, 0.25) is 0 Å². The van der Waals surface area contributed by atoms with E-state index in [1.807, 2.05) is 30.3 Å². The zero-order valence-corrected chi connectivity index (χ0v) is 14.1. The average Bonchev–Trinajstić information content (AvgIpc) is 3.06. The van der Waals surface area contributed by atoms with E-state index in [0.29, 0.717) is 18.3 Å². The number of nitrogens with two attached hydrogens (primary N) is 1. The molecule has 3 aromatic rings. The first-order chi connectivity index (χ1) is 11.7. The number of nitrogen functional groups attached to an aromatic ring is 1. The van der Waals surface area contributed by atoms with E-state index < -0.39 is 0 Å². The molecule has 0 radical (unpaired) electrons. The summed E-state index contributed by atoms with van der Waals surface area (Å²) in [5.41, 5.74) is 10.1. The van der Waals surface area contributed by atoms with E-state index in [-0.39, 0.29) is 0 Å². The second-order valence-electron chi connectivity index (χ2n) is 6.05. The van der Waals surface area contributed by atoms with Crippen molar-refractivity contribution in [3.05, 3.63) is 65.7 Å². The van der Waals surface area contributed by atoms with E-state index >= 15 is 0 Å². The summed E-state index contributed by atoms with van der Waals surface area (Å²) in [5.74, 6) is 1.80. The number of rotatable bonds is 6. The van der Waals surface area contributed by atoms with E-state index in [9.17, 15) is 0 Å². The highest BCUT2D eigenvalue weighted by Crippen LogP contribution is 2.34. The standard InChI is InChI=1S/C20H23N3O/c1-3-14(2)16-9-10-19(24-13-15-7-5-4-6-8-15)17(11-16)18-12-20(21)23-22-18/h4-12,14H,3,13H2,1-2H3,(H3,21,22,23). The van der Waals surface area contributed by atoms with Gasteiger partial charge in [-0.3, -0.25) is 5.10 Å². The molecule has 1 heterocycles. The van der Waals surface area contributed by atoms with Gasteiger partial charge in [-0.2, -0.15) is 5.10 Å². The highest BCUT2D eigenvalue weighted by atomic mass is 16.5. The number of hydrogen-bond acceptors (Lipinski definition) is 3. The first kappa shape index (κ1) is 16.1. The molecule has 1 unspecified atom stereocenters. The van der Waals surface area contributed by atoms with Crippen molar-refractivity contribution in [3.63, 3.8) is 0 Å². The number of anilines is 1. The van der Waals surface area contributed by atoms with Crippen LogP contribution < -0.4 is 10.5 Å². The van der Waals surface area contributed by atoms with Crippen LogP contribution in [-0.4, -0.2) is 10.2 Å². The Bertz CT molecular complexity index is 796. The number of aromatic amines is 1. The lowest BCUT2D eigenvalue weighted by atomic mass is 9.95. The third-order valence-electron chi connectivity index (χ3n) is 4.31. The van der Waals surface area contributed by atoms with Gasteiger partial charge in [-0.15, -0.1) is 0 Å². The molecule has 0 aliphatic heterocycles. The van der Waals surface area contributed by atoms with Gasteiger partial charge in [0.05, 0.1) is 5.69 Å². The van der Waals surface area contributed by atoms with Gasteiger partial charge < -0.3 is 10.5 Å². The Morgan fingerprint density at radius 1 is 1.12 bits per heavy atom. The van der Waals surface area contributed by atoms with Gasteiger partial charge >= 0.3 is 0 Å². The molecular weight excluding hydrogens is 298 g/mol. The van der Waals surface area contributed by atoms with E-state index in [4.69, 9.17) is 10.5 Å². The molecule has 4 heteroatoms. The van der Waals surface area contributed by atoms with Gasteiger partial charge in [0, 0.05) is 11.6 Å². The SMILES string of the molecule is CCC(C)c1ccc(OCc2ccccc2)c(-c2cc(N)n[nH]2)c1. The predicted molar refractivity (Wildman–Crippen MR) is 97.9 cm³/mol. The van der Waals surface area contributed by atoms with Crippen molar-refractivity contribution in [1.82, 2.24) is 10.2 Å². The molecule has 0 aliphatic carbocycles. The number of hydrogen-bond donors (Lipinski definition) is 2. The van der Waals surface area contributed by atoms with E-state index in [0.717, 1.165) is 29.0 Å². The van der Waals surface area contributed by atoms with Crippen molar-refractivity contribution in [3.8, 4) is 17.0 Å². The summed E-state index contributed by atoms with van der Waals surface area (Å²) >= 11 is 0. The second-order valence-corrected chi connectivity index (χ2v) is 6.05. The van der Waals surface area contributed by atoms with Crippen molar-refractivity contribution in [1.29, 1.82) is 0 Å². The van der Waals surface area contributed by atoms with Crippen LogP contribution in [0.1, 0.15) is 37.3 Å². The summed E-state index contributed by atoms with van der Waals surface area (Å²) in [7, 11) is 0. The van der Waals surface area contributed by atoms with Gasteiger partial charge in [-0.05, 0) is 35.6 Å². The van der Waals surface area contributed by atoms with Gasteiger partial charge in [-0.1, -0.05) is 50.2 Å². The van der Waals surface area contributed by atoms with Crippen molar-refractivity contribution in [2.75, 3.05) is 5.73 Å². The lowest BCUT2D eigenvalue weighted by Gasteiger charge is -2.15. The molecule has 2 aromatic carbocycles. The van der Waals surface area contributed by atoms with Crippen molar-refractivity contribution in [2.45, 2.75) is 32.8 Å². The fourth-order valence-corrected chi connectivity index (χ4v) is 2.64. The number of benzene rings is 2. The Morgan fingerprint density at radius 2 is 1.92 bits per heavy atom. The first-order valence-electron chi connectivity index (χ1n) is 8.29. The third-order valence-corrected chi connectivity index (χ3v) is 4.31. The maximum absolute atomic E-state index is 6.07. The van der Waals surface area contributed by atoms with Crippen molar-refractivity contribution in [2.24, 2.45) is 0 Å². The minimum atomic E-state index is 0.480. The fraction of sp³-hybridized carbons (Fsp3) is 0.250. The van der Waals surface area contributed by atoms with Crippen LogP contribution in [0, 0.1) is 0 Å². The van der Waals surface area contributed by atoms with Crippen LogP contribution >= 0.6 is 0 Å². The quantitative estimate of drug-likeness (QED) is 0.688. The number of nitrogens with zero attached hydrogens (tertiary/aromatic N) is 1. The van der Waals surface area contributed by atoms with E-state index in [1.165, 1.54) is 5.56 Å². The van der Waals surface area contributed by atoms with Crippen LogP contribution in [0.5, 0.6) is 5.75 Å². The molecule has 3 N–H and O–H groups in total. The first-order valence-corrected chi connectivity index (χ1v) is 8.29. The second kappa shape index (κ2) is 7.21. The fourth-order valence-electron chi connectivity index (χ4n) is 2.64. The van der Waals surface area contributed by atoms with Crippen molar-refractivity contribution >= 4 is 5.82 Å². The maximum atomic E-state index is 6.07. The molecule has 1 aromatic heterocycles. The molecule has 24 heavy (non-hydrogen) atoms. The zero-order valence-electron chi connectivity index (χ0n) is 14.1. The van der Waals surface area contributed by atoms with Crippen LogP contribution in [0.15, 0.2) is 54.6 Å². The summed E-state index contributed by atoms with van der Waals surface area (Å²) in [5, 5.41) is 7.03. The molecule has 4 nitrogen and oxygen atoms in total. The van der Waals surface area contributed by atoms with Crippen LogP contribution in [0.2, 0.25) is 0 Å². The minimum absolute atomic E-state index is 0.480. The summed E-state index contributed by atoms with van der Waals surface area (Å²) in [6, 6.07) is 18.3. The Labute approximate surface area is 142 Å². The highest BCUT2D eigenvalue weighted by Gasteiger charge is 2.13. The van der Waals surface area contributed by atoms with Gasteiger partial charge in [0.1, 0.15) is 18.2 Å². The summed E-state index contributed by atoms with van der Waals surface area (Å²) in [6.07, 6.45) is 1.09. The number of H-pyrrole nitrogens is 1. The number of nitrogens with one attached hydrogen (secondary N) is 1. The largest absolute Gasteiger partial charge is 0.488 e. The summed E-state index contributed by atoms with van der Waals surface area (Å²) < 4.78 is 6.07. The Kier molecular flexibility index (Phi) is 4.85. The van der Waals surface area contributed by atoms with Gasteiger partial charge in [-0.25, -0.2) is 0 Å². The molecule has 3 rings (SSSR count). The maximum Gasteiger partial charge on any atom is 0.145 e. The van der Waals surface area contributed by atoms with Crippen LogP contribution in [0.3, 0.4) is 0 Å². The predicted octanol–water partition coefficient (Wildman–Crippen LogP) is 4.75. The normalized spacial score (nSPS) is 12.1. The van der Waals surface area contributed by atoms with Crippen LogP contribution in [0.4, 0.5) is 5.82 Å². The smallest absolute Gasteiger partial charge is 0.145 e. The Balaban J connectivity index is 1.92. The van der Waals surface area contributed by atoms with Crippen molar-refractivity contribution < 1.29 is 4.74 Å². The Hall–Kier alpha value is -2.75. The molecule has 124 valence electrons. The monoisotopic (exact) mass is 321 g/mol. The van der Waals surface area contributed by atoms with Gasteiger partial charge in [0.25, 0.3) is 0 Å². The third kappa shape index (κ3) is 3.59. The molecule has 0 amide bonds. The lowest BCUT2D eigenvalue weighted by molar-refractivity contribution is 0.307. The van der Waals surface area contributed by atoms with Gasteiger partial charge in [0.15, 0.2) is 0 Å². The molecule has 0 saturated carbocycles. The molecule has 0 aliphatic rings. The lowest BCUT2D eigenvalue weighted by Crippen LogP contribution is -1.99. The molecule has 1 atom stereocenters. The van der Waals surface area contributed by atoms with Crippen LogP contribution in [0.25, 0.3) is 11.3 Å². The van der Waals surface area contributed by atoms with E-state index in [1.54, 1.807) is 0 Å². The summed E-state index contributed by atoms with van der Waals surface area (Å²) in [6.45, 7) is 4.95. The Morgan fingerprint density at radius 3 is 2.58 bits per heavy atom. The zero-order chi connectivity index (χ0) is 16.9. The molecule has 0 fully saturated rings. The van der Waals surface area contributed by atoms with Crippen LogP contribution in [-0.2, 0) is 6.61 Å². The molecular formula is C20H23N3O. The molecule has 0 saturated heterocycles. The molecule has 0 spiro atoms.